The van der Waals surface area contributed by atoms with E-state index in [-0.39, 0.29) is 17.6 Å². The molecule has 0 aliphatic carbocycles. The van der Waals surface area contributed by atoms with E-state index in [2.05, 4.69) is 20.6 Å². The Morgan fingerprint density at radius 3 is 2.82 bits per heavy atom. The van der Waals surface area contributed by atoms with Crippen LogP contribution in [0.4, 0.5) is 11.1 Å². The number of carbonyl (C=O) groups excluding carboxylic acids is 2. The van der Waals surface area contributed by atoms with E-state index in [1.54, 1.807) is 23.7 Å². The first kappa shape index (κ1) is 14.4. The molecule has 0 aliphatic rings. The summed E-state index contributed by atoms with van der Waals surface area (Å²) in [6.45, 7) is 1.89. The predicted molar refractivity (Wildman–Crippen MR) is 83.6 cm³/mol. The topological polar surface area (TPSA) is 97.1 Å². The van der Waals surface area contributed by atoms with E-state index in [0.29, 0.717) is 10.0 Å². The van der Waals surface area contributed by atoms with Gasteiger partial charge in [0.05, 0.1) is 4.88 Å². The molecule has 0 saturated heterocycles. The van der Waals surface area contributed by atoms with E-state index in [0.717, 1.165) is 4.88 Å². The van der Waals surface area contributed by atoms with Crippen LogP contribution in [-0.4, -0.2) is 21.8 Å². The Kier molecular flexibility index (Phi) is 3.98. The maximum atomic E-state index is 12.0. The zero-order valence-electron chi connectivity index (χ0n) is 11.3. The van der Waals surface area contributed by atoms with Crippen LogP contribution in [0.5, 0.6) is 0 Å². The highest BCUT2D eigenvalue weighted by atomic mass is 32.1. The predicted octanol–water partition coefficient (Wildman–Crippen LogP) is 3.01. The fourth-order valence-corrected chi connectivity index (χ4v) is 2.85. The molecule has 0 atom stereocenters. The molecule has 0 bridgehead atoms. The second kappa shape index (κ2) is 6.08. The first-order valence-electron chi connectivity index (χ1n) is 6.16. The lowest BCUT2D eigenvalue weighted by Gasteiger charge is -1.97. The lowest BCUT2D eigenvalue weighted by molar-refractivity contribution is 0.101. The Balaban J connectivity index is 1.65. The Morgan fingerprint density at radius 1 is 1.27 bits per heavy atom. The van der Waals surface area contributed by atoms with Crippen LogP contribution in [0.2, 0.25) is 0 Å². The summed E-state index contributed by atoms with van der Waals surface area (Å²) in [6.07, 6.45) is 2.84. The summed E-state index contributed by atoms with van der Waals surface area (Å²) in [4.78, 5) is 33.3. The van der Waals surface area contributed by atoms with Crippen molar-refractivity contribution in [3.63, 3.8) is 0 Å². The molecule has 3 aromatic rings. The summed E-state index contributed by atoms with van der Waals surface area (Å²) >= 11 is 2.66. The molecule has 2 amide bonds. The third kappa shape index (κ3) is 3.21. The molecular formula is C13H10N4O3S2. The third-order valence-electron chi connectivity index (χ3n) is 2.54. The van der Waals surface area contributed by atoms with E-state index in [9.17, 15) is 9.59 Å². The van der Waals surface area contributed by atoms with Gasteiger partial charge >= 0.3 is 6.01 Å². The van der Waals surface area contributed by atoms with Crippen LogP contribution < -0.4 is 10.6 Å². The second-order valence-electron chi connectivity index (χ2n) is 4.20. The molecule has 0 spiro atoms. The van der Waals surface area contributed by atoms with E-state index < -0.39 is 5.91 Å². The molecule has 0 unspecified atom stereocenters. The van der Waals surface area contributed by atoms with Crippen molar-refractivity contribution >= 4 is 45.6 Å². The number of thiazole rings is 1. The molecule has 0 radical (unpaired) electrons. The van der Waals surface area contributed by atoms with Gasteiger partial charge in [-0.3, -0.25) is 20.2 Å². The van der Waals surface area contributed by atoms with Crippen LogP contribution in [0.15, 0.2) is 34.4 Å². The number of rotatable bonds is 4. The molecule has 7 nitrogen and oxygen atoms in total. The zero-order valence-corrected chi connectivity index (χ0v) is 13.0. The van der Waals surface area contributed by atoms with Gasteiger partial charge in [-0.05, 0) is 18.4 Å². The van der Waals surface area contributed by atoms with Gasteiger partial charge in [0.25, 0.3) is 11.8 Å². The number of amides is 2. The first-order valence-corrected chi connectivity index (χ1v) is 7.85. The summed E-state index contributed by atoms with van der Waals surface area (Å²) in [5, 5.41) is 7.37. The number of carbonyl (C=O) groups is 2. The number of nitrogens with one attached hydrogen (secondary N) is 2. The van der Waals surface area contributed by atoms with Crippen molar-refractivity contribution in [3.05, 3.63) is 45.4 Å². The van der Waals surface area contributed by atoms with E-state index in [4.69, 9.17) is 4.42 Å². The number of aryl methyl sites for hydroxylation is 1. The van der Waals surface area contributed by atoms with Crippen molar-refractivity contribution in [1.29, 1.82) is 0 Å². The molecular weight excluding hydrogens is 324 g/mol. The van der Waals surface area contributed by atoms with E-state index in [1.165, 1.54) is 28.9 Å². The fraction of sp³-hybridized carbons (Fsp3) is 0.0769. The molecule has 2 N–H and O–H groups in total. The third-order valence-corrected chi connectivity index (χ3v) is 4.24. The molecule has 0 aliphatic heterocycles. The number of hydrogen-bond acceptors (Lipinski definition) is 7. The van der Waals surface area contributed by atoms with Gasteiger partial charge in [-0.25, -0.2) is 4.98 Å². The molecule has 3 heterocycles. The fourth-order valence-electron chi connectivity index (χ4n) is 1.58. The van der Waals surface area contributed by atoms with Gasteiger partial charge in [0.15, 0.2) is 10.8 Å². The quantitative estimate of drug-likeness (QED) is 0.764. The highest BCUT2D eigenvalue weighted by molar-refractivity contribution is 7.15. The number of thiophene rings is 1. The lowest BCUT2D eigenvalue weighted by Crippen LogP contribution is -2.13. The SMILES string of the molecule is Cc1cnc(NC(=O)c2coc(NC(=O)c3cccs3)n2)s1. The Labute approximate surface area is 133 Å². The molecule has 0 saturated carbocycles. The zero-order chi connectivity index (χ0) is 15.5. The smallest absolute Gasteiger partial charge is 0.302 e. The van der Waals surface area contributed by atoms with Gasteiger partial charge in [0, 0.05) is 11.1 Å². The maximum Gasteiger partial charge on any atom is 0.302 e. The molecule has 0 aromatic carbocycles. The highest BCUT2D eigenvalue weighted by Crippen LogP contribution is 2.18. The van der Waals surface area contributed by atoms with Gasteiger partial charge in [-0.2, -0.15) is 4.98 Å². The molecule has 0 fully saturated rings. The van der Waals surface area contributed by atoms with Crippen molar-refractivity contribution in [3.8, 4) is 0 Å². The number of anilines is 2. The summed E-state index contributed by atoms with van der Waals surface area (Å²) in [6, 6.07) is 3.42. The molecule has 3 rings (SSSR count). The van der Waals surface area contributed by atoms with Gasteiger partial charge in [-0.1, -0.05) is 6.07 Å². The van der Waals surface area contributed by atoms with Crippen molar-refractivity contribution in [1.82, 2.24) is 9.97 Å². The average Bonchev–Trinajstić information content (AvgIpc) is 3.20. The number of oxazole rings is 1. The van der Waals surface area contributed by atoms with Crippen molar-refractivity contribution < 1.29 is 14.0 Å². The minimum Gasteiger partial charge on any atom is -0.431 e. The van der Waals surface area contributed by atoms with E-state index in [1.807, 2.05) is 6.92 Å². The highest BCUT2D eigenvalue weighted by Gasteiger charge is 2.16. The second-order valence-corrected chi connectivity index (χ2v) is 6.38. The number of aromatic nitrogens is 2. The largest absolute Gasteiger partial charge is 0.431 e. The molecule has 9 heteroatoms. The van der Waals surface area contributed by atoms with Crippen LogP contribution in [0.3, 0.4) is 0 Å². The van der Waals surface area contributed by atoms with Crippen LogP contribution in [-0.2, 0) is 0 Å². The summed E-state index contributed by atoms with van der Waals surface area (Å²) in [5.74, 6) is -0.783. The minimum atomic E-state index is -0.449. The van der Waals surface area contributed by atoms with Gasteiger partial charge in [0.1, 0.15) is 6.26 Å². The van der Waals surface area contributed by atoms with Gasteiger partial charge < -0.3 is 4.42 Å². The minimum absolute atomic E-state index is 0.0288. The first-order chi connectivity index (χ1) is 10.6. The lowest BCUT2D eigenvalue weighted by atomic mass is 10.4. The van der Waals surface area contributed by atoms with Crippen molar-refractivity contribution in [2.75, 3.05) is 10.6 Å². The van der Waals surface area contributed by atoms with Gasteiger partial charge in [0.2, 0.25) is 0 Å². The van der Waals surface area contributed by atoms with Gasteiger partial charge in [-0.15, -0.1) is 22.7 Å². The maximum absolute atomic E-state index is 12.0. The Hall–Kier alpha value is -2.52. The summed E-state index contributed by atoms with van der Waals surface area (Å²) in [5.41, 5.74) is 0.0642. The normalized spacial score (nSPS) is 10.4. The molecule has 112 valence electrons. The number of nitrogens with zero attached hydrogens (tertiary/aromatic N) is 2. The van der Waals surface area contributed by atoms with Crippen LogP contribution in [0, 0.1) is 6.92 Å². The standard InChI is InChI=1S/C13H10N4O3S2/c1-7-5-14-13(22-7)17-10(18)8-6-20-12(15-8)16-11(19)9-3-2-4-21-9/h2-6H,1H3,(H,14,17,18)(H,15,16,19). The van der Waals surface area contributed by atoms with Crippen LogP contribution in [0.25, 0.3) is 0 Å². The Morgan fingerprint density at radius 2 is 2.14 bits per heavy atom. The monoisotopic (exact) mass is 334 g/mol. The molecule has 3 aromatic heterocycles. The van der Waals surface area contributed by atoms with Crippen molar-refractivity contribution in [2.24, 2.45) is 0 Å². The van der Waals surface area contributed by atoms with Crippen LogP contribution in [0.1, 0.15) is 25.0 Å². The summed E-state index contributed by atoms with van der Waals surface area (Å²) < 4.78 is 5.08. The number of hydrogen-bond donors (Lipinski definition) is 2. The summed E-state index contributed by atoms with van der Waals surface area (Å²) in [7, 11) is 0. The van der Waals surface area contributed by atoms with Crippen molar-refractivity contribution in [2.45, 2.75) is 6.92 Å². The molecule has 22 heavy (non-hydrogen) atoms. The average molecular weight is 334 g/mol. The van der Waals surface area contributed by atoms with E-state index >= 15 is 0 Å². The van der Waals surface area contributed by atoms with Crippen LogP contribution >= 0.6 is 22.7 Å². The Bertz CT molecular complexity index is 807.